The maximum Gasteiger partial charge on any atom is 0.0719 e. The molecular formula is C20H25NO2. The Morgan fingerprint density at radius 3 is 2.00 bits per heavy atom. The molecule has 1 aromatic heterocycles. The first kappa shape index (κ1) is 16.0. The summed E-state index contributed by atoms with van der Waals surface area (Å²) in [5, 5.41) is 21.8. The average Bonchev–Trinajstić information content (AvgIpc) is 2.80. The first-order chi connectivity index (χ1) is 11.1. The Kier molecular flexibility index (Phi) is 4.69. The number of aliphatic hydroxyl groups is 2. The van der Waals surface area contributed by atoms with Crippen LogP contribution in [-0.2, 0) is 6.54 Å². The molecule has 122 valence electrons. The molecule has 0 aliphatic carbocycles. The standard InChI is InChI=1S/C20H25NO2/c1-14-6-8-19-17(11-14)18-12-15(2)7-9-20(18)21(19)13-16(23)5-3-4-10-22/h6-9,11-12,16,22-23H,3-5,10,13H2,1-2H3. The van der Waals surface area contributed by atoms with E-state index in [1.807, 2.05) is 0 Å². The fraction of sp³-hybridized carbons (Fsp3) is 0.400. The van der Waals surface area contributed by atoms with Gasteiger partial charge in [0.15, 0.2) is 0 Å². The average molecular weight is 311 g/mol. The first-order valence-corrected chi connectivity index (χ1v) is 8.38. The molecule has 1 atom stereocenters. The van der Waals surface area contributed by atoms with Crippen LogP contribution in [-0.4, -0.2) is 27.5 Å². The number of aliphatic hydroxyl groups excluding tert-OH is 2. The van der Waals surface area contributed by atoms with Crippen molar-refractivity contribution in [3.8, 4) is 0 Å². The number of fused-ring (bicyclic) bond motifs is 3. The second-order valence-electron chi connectivity index (χ2n) is 6.53. The van der Waals surface area contributed by atoms with Gasteiger partial charge in [0.2, 0.25) is 0 Å². The van der Waals surface area contributed by atoms with E-state index >= 15 is 0 Å². The molecule has 3 nitrogen and oxygen atoms in total. The predicted octanol–water partition coefficient (Wildman–Crippen LogP) is 3.93. The highest BCUT2D eigenvalue weighted by molar-refractivity contribution is 6.08. The Labute approximate surface area is 137 Å². The lowest BCUT2D eigenvalue weighted by Crippen LogP contribution is -2.15. The molecule has 1 unspecified atom stereocenters. The van der Waals surface area contributed by atoms with Crippen LogP contribution >= 0.6 is 0 Å². The Morgan fingerprint density at radius 1 is 0.913 bits per heavy atom. The number of unbranched alkanes of at least 4 members (excludes halogenated alkanes) is 1. The summed E-state index contributed by atoms with van der Waals surface area (Å²) in [5.74, 6) is 0. The highest BCUT2D eigenvalue weighted by Crippen LogP contribution is 2.31. The van der Waals surface area contributed by atoms with Crippen LogP contribution in [0.3, 0.4) is 0 Å². The number of hydrogen-bond donors (Lipinski definition) is 2. The number of rotatable bonds is 6. The molecule has 3 rings (SSSR count). The van der Waals surface area contributed by atoms with Crippen LogP contribution in [0, 0.1) is 13.8 Å². The molecule has 3 heteroatoms. The summed E-state index contributed by atoms with van der Waals surface area (Å²) < 4.78 is 2.23. The summed E-state index contributed by atoms with van der Waals surface area (Å²) in [7, 11) is 0. The molecule has 1 heterocycles. The van der Waals surface area contributed by atoms with E-state index in [9.17, 15) is 5.11 Å². The molecule has 0 fully saturated rings. The van der Waals surface area contributed by atoms with Crippen molar-refractivity contribution in [2.45, 2.75) is 45.8 Å². The van der Waals surface area contributed by atoms with Crippen molar-refractivity contribution in [1.82, 2.24) is 4.57 Å². The molecule has 3 aromatic rings. The largest absolute Gasteiger partial charge is 0.396 e. The quantitative estimate of drug-likeness (QED) is 0.677. The van der Waals surface area contributed by atoms with Crippen LogP contribution in [0.5, 0.6) is 0 Å². The Balaban J connectivity index is 2.03. The van der Waals surface area contributed by atoms with Crippen molar-refractivity contribution in [1.29, 1.82) is 0 Å². The van der Waals surface area contributed by atoms with E-state index in [1.54, 1.807) is 0 Å². The van der Waals surface area contributed by atoms with Crippen LogP contribution in [0.2, 0.25) is 0 Å². The first-order valence-electron chi connectivity index (χ1n) is 8.38. The zero-order chi connectivity index (χ0) is 16.4. The number of hydrogen-bond acceptors (Lipinski definition) is 2. The van der Waals surface area contributed by atoms with E-state index in [2.05, 4.69) is 54.8 Å². The van der Waals surface area contributed by atoms with Gasteiger partial charge in [0.1, 0.15) is 0 Å². The highest BCUT2D eigenvalue weighted by atomic mass is 16.3. The molecule has 23 heavy (non-hydrogen) atoms. The lowest BCUT2D eigenvalue weighted by molar-refractivity contribution is 0.140. The Bertz CT molecular complexity index is 760. The van der Waals surface area contributed by atoms with Gasteiger partial charge in [0, 0.05) is 35.0 Å². The maximum atomic E-state index is 10.4. The number of benzene rings is 2. The van der Waals surface area contributed by atoms with Crippen molar-refractivity contribution < 1.29 is 10.2 Å². The van der Waals surface area contributed by atoms with Gasteiger partial charge in [-0.15, -0.1) is 0 Å². The Hall–Kier alpha value is -1.84. The summed E-state index contributed by atoms with van der Waals surface area (Å²) in [6.07, 6.45) is 1.94. The molecule has 0 amide bonds. The second kappa shape index (κ2) is 6.73. The van der Waals surface area contributed by atoms with Crippen LogP contribution in [0.4, 0.5) is 0 Å². The van der Waals surface area contributed by atoms with E-state index in [1.165, 1.54) is 32.9 Å². The lowest BCUT2D eigenvalue weighted by atomic mass is 10.1. The molecule has 0 bridgehead atoms. The van der Waals surface area contributed by atoms with Crippen LogP contribution < -0.4 is 0 Å². The second-order valence-corrected chi connectivity index (χ2v) is 6.53. The smallest absolute Gasteiger partial charge is 0.0719 e. The van der Waals surface area contributed by atoms with Gasteiger partial charge in [-0.25, -0.2) is 0 Å². The number of aromatic nitrogens is 1. The molecule has 0 saturated heterocycles. The van der Waals surface area contributed by atoms with Gasteiger partial charge in [0.25, 0.3) is 0 Å². The van der Waals surface area contributed by atoms with Crippen molar-refractivity contribution in [3.63, 3.8) is 0 Å². The normalized spacial score (nSPS) is 13.0. The van der Waals surface area contributed by atoms with Gasteiger partial charge in [-0.2, -0.15) is 0 Å². The molecule has 0 aliphatic heterocycles. The monoisotopic (exact) mass is 311 g/mol. The molecule has 0 aliphatic rings. The Morgan fingerprint density at radius 2 is 1.48 bits per heavy atom. The van der Waals surface area contributed by atoms with E-state index in [0.717, 1.165) is 19.3 Å². The van der Waals surface area contributed by atoms with E-state index in [0.29, 0.717) is 6.54 Å². The zero-order valence-electron chi connectivity index (χ0n) is 13.9. The third-order valence-corrected chi connectivity index (χ3v) is 4.51. The highest BCUT2D eigenvalue weighted by Gasteiger charge is 2.14. The van der Waals surface area contributed by atoms with E-state index < -0.39 is 0 Å². The zero-order valence-corrected chi connectivity index (χ0v) is 13.9. The third-order valence-electron chi connectivity index (χ3n) is 4.51. The number of nitrogens with zero attached hydrogens (tertiary/aromatic N) is 1. The van der Waals surface area contributed by atoms with E-state index in [4.69, 9.17) is 5.11 Å². The SMILES string of the molecule is Cc1ccc2c(c1)c1cc(C)ccc1n2CC(O)CCCCO. The van der Waals surface area contributed by atoms with Crippen molar-refractivity contribution in [2.24, 2.45) is 0 Å². The molecule has 0 saturated carbocycles. The summed E-state index contributed by atoms with van der Waals surface area (Å²) in [6, 6.07) is 13.0. The fourth-order valence-electron chi connectivity index (χ4n) is 3.32. The van der Waals surface area contributed by atoms with Gasteiger partial charge in [-0.3, -0.25) is 0 Å². The summed E-state index contributed by atoms with van der Waals surface area (Å²) in [5.41, 5.74) is 4.86. The van der Waals surface area contributed by atoms with Gasteiger partial charge in [-0.1, -0.05) is 23.3 Å². The summed E-state index contributed by atoms with van der Waals surface area (Å²) in [6.45, 7) is 5.02. The minimum absolute atomic E-state index is 0.195. The minimum Gasteiger partial charge on any atom is -0.396 e. The molecule has 0 radical (unpaired) electrons. The predicted molar refractivity (Wildman–Crippen MR) is 95.9 cm³/mol. The topological polar surface area (TPSA) is 45.4 Å². The number of aryl methyl sites for hydroxylation is 2. The van der Waals surface area contributed by atoms with Crippen molar-refractivity contribution in [2.75, 3.05) is 6.61 Å². The fourth-order valence-corrected chi connectivity index (χ4v) is 3.32. The third kappa shape index (κ3) is 3.26. The molecule has 0 spiro atoms. The van der Waals surface area contributed by atoms with Gasteiger partial charge < -0.3 is 14.8 Å². The van der Waals surface area contributed by atoms with Crippen LogP contribution in [0.25, 0.3) is 21.8 Å². The molecular weight excluding hydrogens is 286 g/mol. The van der Waals surface area contributed by atoms with Crippen molar-refractivity contribution >= 4 is 21.8 Å². The van der Waals surface area contributed by atoms with Gasteiger partial charge in [-0.05, 0) is 57.4 Å². The van der Waals surface area contributed by atoms with Crippen LogP contribution in [0.1, 0.15) is 30.4 Å². The van der Waals surface area contributed by atoms with E-state index in [-0.39, 0.29) is 12.7 Å². The van der Waals surface area contributed by atoms with Crippen molar-refractivity contribution in [3.05, 3.63) is 47.5 Å². The maximum absolute atomic E-state index is 10.4. The summed E-state index contributed by atoms with van der Waals surface area (Å²) >= 11 is 0. The summed E-state index contributed by atoms with van der Waals surface area (Å²) in [4.78, 5) is 0. The van der Waals surface area contributed by atoms with Gasteiger partial charge in [0.05, 0.1) is 6.10 Å². The van der Waals surface area contributed by atoms with Gasteiger partial charge >= 0.3 is 0 Å². The van der Waals surface area contributed by atoms with Crippen LogP contribution in [0.15, 0.2) is 36.4 Å². The minimum atomic E-state index is -0.386. The lowest BCUT2D eigenvalue weighted by Gasteiger charge is -2.14. The molecule has 2 aromatic carbocycles. The molecule has 2 N–H and O–H groups in total.